The minimum absolute atomic E-state index is 0.0130. The third-order valence-electron chi connectivity index (χ3n) is 4.33. The lowest BCUT2D eigenvalue weighted by atomic mass is 10.3. The van der Waals surface area contributed by atoms with Gasteiger partial charge in [-0.25, -0.2) is 4.39 Å². The van der Waals surface area contributed by atoms with E-state index < -0.39 is 11.9 Å². The number of ether oxygens (including phenoxy) is 2. The van der Waals surface area contributed by atoms with Gasteiger partial charge in [0.25, 0.3) is 0 Å². The summed E-state index contributed by atoms with van der Waals surface area (Å²) in [5.41, 5.74) is 0.0621. The molecule has 3 aromatic rings. The monoisotopic (exact) mass is 476 g/mol. The molecule has 1 unspecified atom stereocenters. The number of benzene rings is 2. The highest BCUT2D eigenvalue weighted by Crippen LogP contribution is 2.31. The van der Waals surface area contributed by atoms with Crippen LogP contribution in [0, 0.1) is 5.82 Å². The molecule has 10 heteroatoms. The van der Waals surface area contributed by atoms with E-state index in [-0.39, 0.29) is 22.4 Å². The number of carbonyl (C=O) groups is 1. The maximum Gasteiger partial charge on any atom is 0.234 e. The Morgan fingerprint density at radius 3 is 2.75 bits per heavy atom. The van der Waals surface area contributed by atoms with Gasteiger partial charge in [-0.3, -0.25) is 9.36 Å². The Balaban J connectivity index is 1.69. The van der Waals surface area contributed by atoms with E-state index >= 15 is 0 Å². The highest BCUT2D eigenvalue weighted by atomic mass is 35.5. The Morgan fingerprint density at radius 1 is 1.31 bits per heavy atom. The van der Waals surface area contributed by atoms with Crippen molar-refractivity contribution in [2.45, 2.75) is 24.7 Å². The third kappa shape index (κ3) is 5.80. The van der Waals surface area contributed by atoms with Crippen LogP contribution < -0.4 is 14.8 Å². The van der Waals surface area contributed by atoms with Gasteiger partial charge in [-0.2, -0.15) is 0 Å². The highest BCUT2D eigenvalue weighted by Gasteiger charge is 2.21. The average molecular weight is 477 g/mol. The number of methoxy groups -OCH3 is 1. The number of aromatic nitrogens is 3. The number of carbonyl (C=O) groups excluding carboxylic acids is 1. The summed E-state index contributed by atoms with van der Waals surface area (Å²) in [6, 6.07) is 11.4. The van der Waals surface area contributed by atoms with Crippen molar-refractivity contribution >= 4 is 35.0 Å². The predicted octanol–water partition coefficient (Wildman–Crippen LogP) is 5.14. The van der Waals surface area contributed by atoms with Crippen molar-refractivity contribution in [3.8, 4) is 11.5 Å². The molecular formula is C22H22ClFN4O3S. The van der Waals surface area contributed by atoms with E-state index in [0.717, 1.165) is 6.07 Å². The van der Waals surface area contributed by atoms with E-state index in [1.54, 1.807) is 25.3 Å². The number of nitrogens with one attached hydrogen (secondary N) is 1. The van der Waals surface area contributed by atoms with E-state index in [9.17, 15) is 9.18 Å². The lowest BCUT2D eigenvalue weighted by molar-refractivity contribution is -0.113. The van der Waals surface area contributed by atoms with E-state index in [4.69, 9.17) is 21.1 Å². The molecule has 0 bridgehead atoms. The maximum absolute atomic E-state index is 13.9. The number of allylic oxidation sites excluding steroid dienone is 1. The second-order valence-electron chi connectivity index (χ2n) is 6.61. The van der Waals surface area contributed by atoms with Crippen molar-refractivity contribution in [1.82, 2.24) is 14.8 Å². The van der Waals surface area contributed by atoms with Crippen molar-refractivity contribution in [2.24, 2.45) is 0 Å². The fourth-order valence-electron chi connectivity index (χ4n) is 2.87. The average Bonchev–Trinajstić information content (AvgIpc) is 3.17. The zero-order valence-electron chi connectivity index (χ0n) is 17.5. The summed E-state index contributed by atoms with van der Waals surface area (Å²) in [5.74, 6) is 0.782. The Morgan fingerprint density at radius 2 is 2.06 bits per heavy atom. The molecule has 0 aliphatic heterocycles. The lowest BCUT2D eigenvalue weighted by Crippen LogP contribution is -2.16. The quantitative estimate of drug-likeness (QED) is 0.322. The van der Waals surface area contributed by atoms with Gasteiger partial charge in [-0.1, -0.05) is 41.6 Å². The van der Waals surface area contributed by atoms with Gasteiger partial charge in [0, 0.05) is 11.6 Å². The number of halogens is 2. The zero-order chi connectivity index (χ0) is 23.1. The summed E-state index contributed by atoms with van der Waals surface area (Å²) in [7, 11) is 1.57. The second kappa shape index (κ2) is 11.0. The van der Waals surface area contributed by atoms with Gasteiger partial charge in [0.05, 0.1) is 18.6 Å². The highest BCUT2D eigenvalue weighted by molar-refractivity contribution is 7.99. The molecule has 2 aromatic carbocycles. The summed E-state index contributed by atoms with van der Waals surface area (Å²) >= 11 is 6.91. The van der Waals surface area contributed by atoms with Crippen molar-refractivity contribution in [2.75, 3.05) is 18.2 Å². The van der Waals surface area contributed by atoms with Crippen LogP contribution in [-0.4, -0.2) is 33.5 Å². The van der Waals surface area contributed by atoms with Gasteiger partial charge < -0.3 is 14.8 Å². The normalized spacial score (nSPS) is 11.6. The largest absolute Gasteiger partial charge is 0.493 e. The van der Waals surface area contributed by atoms with Crippen molar-refractivity contribution in [3.63, 3.8) is 0 Å². The molecule has 0 spiro atoms. The number of hydrogen-bond acceptors (Lipinski definition) is 6. The molecule has 0 saturated heterocycles. The fourth-order valence-corrected chi connectivity index (χ4v) is 3.79. The number of anilines is 1. The first-order valence-corrected chi connectivity index (χ1v) is 11.0. The molecule has 0 aliphatic carbocycles. The summed E-state index contributed by atoms with van der Waals surface area (Å²) in [6.07, 6.45) is 1.26. The van der Waals surface area contributed by atoms with Gasteiger partial charge in [-0.05, 0) is 37.3 Å². The maximum atomic E-state index is 13.9. The lowest BCUT2D eigenvalue weighted by Gasteiger charge is -2.17. The van der Waals surface area contributed by atoms with Crippen molar-refractivity contribution in [3.05, 3.63) is 71.8 Å². The Labute approximate surface area is 194 Å². The molecule has 1 atom stereocenters. The van der Waals surface area contributed by atoms with Crippen LogP contribution in [0.15, 0.2) is 60.3 Å². The van der Waals surface area contributed by atoms with Crippen LogP contribution in [0.3, 0.4) is 0 Å². The zero-order valence-corrected chi connectivity index (χ0v) is 19.1. The molecule has 1 heterocycles. The van der Waals surface area contributed by atoms with Crippen molar-refractivity contribution < 1.29 is 18.7 Å². The smallest absolute Gasteiger partial charge is 0.234 e. The third-order valence-corrected chi connectivity index (χ3v) is 5.53. The molecule has 1 N–H and O–H groups in total. The van der Waals surface area contributed by atoms with Crippen LogP contribution in [0.25, 0.3) is 0 Å². The molecule has 0 radical (unpaired) electrons. The molecule has 32 heavy (non-hydrogen) atoms. The summed E-state index contributed by atoms with van der Waals surface area (Å²) in [6.45, 7) is 6.05. The van der Waals surface area contributed by atoms with Gasteiger partial charge in [0.15, 0.2) is 28.6 Å². The molecule has 1 aromatic heterocycles. The van der Waals surface area contributed by atoms with Crippen LogP contribution in [-0.2, 0) is 11.3 Å². The van der Waals surface area contributed by atoms with Crippen LogP contribution >= 0.6 is 23.4 Å². The van der Waals surface area contributed by atoms with Gasteiger partial charge in [-0.15, -0.1) is 16.8 Å². The van der Waals surface area contributed by atoms with Crippen molar-refractivity contribution in [1.29, 1.82) is 0 Å². The standard InChI is InChI=1S/C22H22ClFN4O3S/c1-4-11-28-21(14(2)31-19-8-6-5-7-18(19)30-3)26-27-22(28)32-13-20(29)25-17-10-9-15(23)12-16(17)24/h4-10,12,14H,1,11,13H2,2-3H3,(H,25,29). The predicted molar refractivity (Wildman–Crippen MR) is 123 cm³/mol. The molecule has 0 fully saturated rings. The summed E-state index contributed by atoms with van der Waals surface area (Å²) in [5, 5.41) is 11.7. The topological polar surface area (TPSA) is 78.3 Å². The molecule has 0 aliphatic rings. The fraction of sp³-hybridized carbons (Fsp3) is 0.227. The minimum atomic E-state index is -0.602. The first kappa shape index (κ1) is 23.6. The van der Waals surface area contributed by atoms with Crippen LogP contribution in [0.2, 0.25) is 5.02 Å². The first-order valence-electron chi connectivity index (χ1n) is 9.64. The van der Waals surface area contributed by atoms with E-state index in [1.165, 1.54) is 23.9 Å². The molecule has 3 rings (SSSR count). The van der Waals surface area contributed by atoms with E-state index in [1.807, 2.05) is 23.6 Å². The van der Waals surface area contributed by atoms with Gasteiger partial charge in [0.2, 0.25) is 5.91 Å². The van der Waals surface area contributed by atoms with E-state index in [2.05, 4.69) is 22.1 Å². The second-order valence-corrected chi connectivity index (χ2v) is 7.99. The molecule has 0 saturated carbocycles. The van der Waals surface area contributed by atoms with Crippen LogP contribution in [0.1, 0.15) is 18.9 Å². The molecule has 7 nitrogen and oxygen atoms in total. The van der Waals surface area contributed by atoms with E-state index in [0.29, 0.717) is 29.0 Å². The number of amides is 1. The number of para-hydroxylation sites is 2. The number of nitrogens with zero attached hydrogens (tertiary/aromatic N) is 3. The Kier molecular flexibility index (Phi) is 8.13. The summed E-state index contributed by atoms with van der Waals surface area (Å²) < 4.78 is 27.1. The number of hydrogen-bond donors (Lipinski definition) is 1. The Hall–Kier alpha value is -3.04. The SMILES string of the molecule is C=CCn1c(SCC(=O)Nc2ccc(Cl)cc2F)nnc1C(C)Oc1ccccc1OC. The number of rotatable bonds is 10. The minimum Gasteiger partial charge on any atom is -0.493 e. The van der Waals surface area contributed by atoms with Gasteiger partial charge >= 0.3 is 0 Å². The first-order chi connectivity index (χ1) is 15.4. The molecule has 168 valence electrons. The Bertz CT molecular complexity index is 1110. The van der Waals surface area contributed by atoms with Crippen LogP contribution in [0.5, 0.6) is 11.5 Å². The molecule has 1 amide bonds. The summed E-state index contributed by atoms with van der Waals surface area (Å²) in [4.78, 5) is 12.3. The molecular weight excluding hydrogens is 455 g/mol. The van der Waals surface area contributed by atoms with Gasteiger partial charge in [0.1, 0.15) is 5.82 Å². The van der Waals surface area contributed by atoms with Crippen LogP contribution in [0.4, 0.5) is 10.1 Å². The number of thioether (sulfide) groups is 1.